The molecule has 0 bridgehead atoms. The largest absolute Gasteiger partial charge is 0.480 e. The summed E-state index contributed by atoms with van der Waals surface area (Å²) in [5, 5.41) is 11.8. The fourth-order valence-electron chi connectivity index (χ4n) is 2.79. The Kier molecular flexibility index (Phi) is 6.82. The van der Waals surface area contributed by atoms with Gasteiger partial charge >= 0.3 is 12.0 Å². The van der Waals surface area contributed by atoms with E-state index >= 15 is 0 Å². The van der Waals surface area contributed by atoms with Gasteiger partial charge in [-0.1, -0.05) is 33.1 Å². The number of nitrogens with zero attached hydrogens (tertiary/aromatic N) is 1. The molecule has 0 aromatic heterocycles. The summed E-state index contributed by atoms with van der Waals surface area (Å²) in [5.41, 5.74) is 0. The molecule has 2 amide bonds. The van der Waals surface area contributed by atoms with E-state index in [1.807, 2.05) is 13.8 Å². The molecule has 0 unspecified atom stereocenters. The van der Waals surface area contributed by atoms with Gasteiger partial charge in [-0.2, -0.15) is 0 Å². The number of aliphatic carboxylic acids is 1. The summed E-state index contributed by atoms with van der Waals surface area (Å²) >= 11 is 0. The first-order valence-electron chi connectivity index (χ1n) is 7.64. The van der Waals surface area contributed by atoms with Crippen LogP contribution in [-0.4, -0.2) is 41.6 Å². The highest BCUT2D eigenvalue weighted by Gasteiger charge is 2.24. The van der Waals surface area contributed by atoms with Crippen LogP contribution < -0.4 is 5.32 Å². The van der Waals surface area contributed by atoms with Gasteiger partial charge in [0.2, 0.25) is 0 Å². The zero-order chi connectivity index (χ0) is 15.1. The van der Waals surface area contributed by atoms with Crippen LogP contribution in [0.3, 0.4) is 0 Å². The van der Waals surface area contributed by atoms with Crippen molar-refractivity contribution in [1.82, 2.24) is 10.2 Å². The first-order valence-corrected chi connectivity index (χ1v) is 7.64. The Morgan fingerprint density at radius 1 is 1.25 bits per heavy atom. The van der Waals surface area contributed by atoms with E-state index < -0.39 is 12.0 Å². The number of carboxylic acids is 1. The van der Waals surface area contributed by atoms with Gasteiger partial charge in [0.1, 0.15) is 6.04 Å². The maximum atomic E-state index is 12.1. The lowest BCUT2D eigenvalue weighted by Gasteiger charge is -2.28. The van der Waals surface area contributed by atoms with Crippen molar-refractivity contribution in [3.8, 4) is 0 Å². The third-order valence-electron chi connectivity index (χ3n) is 3.91. The molecule has 0 radical (unpaired) electrons. The zero-order valence-corrected chi connectivity index (χ0v) is 12.9. The van der Waals surface area contributed by atoms with E-state index in [1.165, 1.54) is 32.1 Å². The van der Waals surface area contributed by atoms with Gasteiger partial charge in [0, 0.05) is 13.6 Å². The predicted molar refractivity (Wildman–Crippen MR) is 78.6 cm³/mol. The molecule has 5 nitrogen and oxygen atoms in total. The minimum Gasteiger partial charge on any atom is -0.480 e. The summed E-state index contributed by atoms with van der Waals surface area (Å²) in [4.78, 5) is 24.8. The van der Waals surface area contributed by atoms with E-state index in [9.17, 15) is 9.59 Å². The second-order valence-electron chi connectivity index (χ2n) is 6.35. The molecule has 1 rings (SSSR count). The second-order valence-corrected chi connectivity index (χ2v) is 6.35. The standard InChI is InChI=1S/C15H28N2O3/c1-11(2)9-13(14(18)19)16-15(20)17(3)10-12-7-5-4-6-8-12/h11-13H,4-10H2,1-3H3,(H,16,20)(H,18,19)/t13-/m0/s1. The van der Waals surface area contributed by atoms with E-state index in [4.69, 9.17) is 5.11 Å². The van der Waals surface area contributed by atoms with Crippen LogP contribution in [0.1, 0.15) is 52.4 Å². The van der Waals surface area contributed by atoms with Crippen molar-refractivity contribution >= 4 is 12.0 Å². The summed E-state index contributed by atoms with van der Waals surface area (Å²) in [6.07, 6.45) is 6.58. The van der Waals surface area contributed by atoms with Crippen LogP contribution in [0.4, 0.5) is 4.79 Å². The molecule has 0 heterocycles. The summed E-state index contributed by atoms with van der Waals surface area (Å²) in [5.74, 6) is -0.161. The highest BCUT2D eigenvalue weighted by Crippen LogP contribution is 2.24. The molecule has 1 fully saturated rings. The minimum absolute atomic E-state index is 0.236. The normalized spacial score (nSPS) is 17.8. The molecule has 1 atom stereocenters. The van der Waals surface area contributed by atoms with Crippen LogP contribution in [0.2, 0.25) is 0 Å². The van der Waals surface area contributed by atoms with Gasteiger partial charge in [-0.05, 0) is 31.1 Å². The van der Waals surface area contributed by atoms with Crippen LogP contribution in [-0.2, 0) is 4.79 Å². The van der Waals surface area contributed by atoms with E-state index in [0.29, 0.717) is 12.3 Å². The average molecular weight is 284 g/mol. The number of carboxylic acid groups (broad SMARTS) is 1. The number of urea groups is 1. The summed E-state index contributed by atoms with van der Waals surface area (Å²) in [7, 11) is 1.75. The molecule has 2 N–H and O–H groups in total. The van der Waals surface area contributed by atoms with Crippen molar-refractivity contribution in [3.63, 3.8) is 0 Å². The monoisotopic (exact) mass is 284 g/mol. The van der Waals surface area contributed by atoms with E-state index in [-0.39, 0.29) is 11.9 Å². The quantitative estimate of drug-likeness (QED) is 0.788. The second kappa shape index (κ2) is 8.12. The lowest BCUT2D eigenvalue weighted by Crippen LogP contribution is -2.48. The van der Waals surface area contributed by atoms with Crippen molar-refractivity contribution in [1.29, 1.82) is 0 Å². The van der Waals surface area contributed by atoms with Crippen molar-refractivity contribution < 1.29 is 14.7 Å². The highest BCUT2D eigenvalue weighted by molar-refractivity contribution is 5.82. The third kappa shape index (κ3) is 5.80. The molecular weight excluding hydrogens is 256 g/mol. The Labute approximate surface area is 121 Å². The topological polar surface area (TPSA) is 69.6 Å². The third-order valence-corrected chi connectivity index (χ3v) is 3.91. The van der Waals surface area contributed by atoms with Crippen LogP contribution in [0, 0.1) is 11.8 Å². The van der Waals surface area contributed by atoms with Crippen molar-refractivity contribution in [2.24, 2.45) is 11.8 Å². The molecule has 1 saturated carbocycles. The van der Waals surface area contributed by atoms with Crippen LogP contribution in [0.5, 0.6) is 0 Å². The van der Waals surface area contributed by atoms with E-state index in [1.54, 1.807) is 11.9 Å². The van der Waals surface area contributed by atoms with Gasteiger partial charge in [-0.3, -0.25) is 0 Å². The van der Waals surface area contributed by atoms with Gasteiger partial charge in [-0.15, -0.1) is 0 Å². The smallest absolute Gasteiger partial charge is 0.326 e. The Balaban J connectivity index is 2.43. The Morgan fingerprint density at radius 2 is 1.85 bits per heavy atom. The lowest BCUT2D eigenvalue weighted by atomic mass is 9.89. The fraction of sp³-hybridized carbons (Fsp3) is 0.867. The summed E-state index contributed by atoms with van der Waals surface area (Å²) in [6, 6.07) is -1.07. The number of carbonyl (C=O) groups excluding carboxylic acids is 1. The van der Waals surface area contributed by atoms with Crippen molar-refractivity contribution in [3.05, 3.63) is 0 Å². The Morgan fingerprint density at radius 3 is 2.35 bits per heavy atom. The van der Waals surface area contributed by atoms with Gasteiger partial charge < -0.3 is 15.3 Å². The maximum absolute atomic E-state index is 12.1. The molecule has 0 saturated heterocycles. The number of amides is 2. The minimum atomic E-state index is -0.960. The molecule has 0 spiro atoms. The number of carbonyl (C=O) groups is 2. The van der Waals surface area contributed by atoms with Crippen molar-refractivity contribution in [2.45, 2.75) is 58.4 Å². The van der Waals surface area contributed by atoms with Crippen LogP contribution in [0.25, 0.3) is 0 Å². The Hall–Kier alpha value is -1.26. The Bertz CT molecular complexity index is 325. The first kappa shape index (κ1) is 16.8. The van der Waals surface area contributed by atoms with E-state index in [2.05, 4.69) is 5.32 Å². The number of nitrogens with one attached hydrogen (secondary N) is 1. The first-order chi connectivity index (χ1) is 9.40. The molecule has 5 heteroatoms. The molecular formula is C15H28N2O3. The van der Waals surface area contributed by atoms with Gasteiger partial charge in [0.05, 0.1) is 0 Å². The molecule has 20 heavy (non-hydrogen) atoms. The van der Waals surface area contributed by atoms with Crippen LogP contribution in [0.15, 0.2) is 0 Å². The summed E-state index contributed by atoms with van der Waals surface area (Å²) < 4.78 is 0. The van der Waals surface area contributed by atoms with Crippen molar-refractivity contribution in [2.75, 3.05) is 13.6 Å². The molecule has 1 aliphatic rings. The van der Waals surface area contributed by atoms with Gasteiger partial charge in [0.25, 0.3) is 0 Å². The number of rotatable bonds is 6. The summed E-state index contributed by atoms with van der Waals surface area (Å²) in [6.45, 7) is 4.63. The van der Waals surface area contributed by atoms with E-state index in [0.717, 1.165) is 6.54 Å². The van der Waals surface area contributed by atoms with Gasteiger partial charge in [0.15, 0.2) is 0 Å². The van der Waals surface area contributed by atoms with Gasteiger partial charge in [-0.25, -0.2) is 9.59 Å². The maximum Gasteiger partial charge on any atom is 0.326 e. The zero-order valence-electron chi connectivity index (χ0n) is 12.9. The predicted octanol–water partition coefficient (Wildman–Crippen LogP) is 2.71. The molecule has 1 aliphatic carbocycles. The molecule has 0 aromatic rings. The lowest BCUT2D eigenvalue weighted by molar-refractivity contribution is -0.139. The SMILES string of the molecule is CC(C)C[C@H](NC(=O)N(C)CC1CCCCC1)C(=O)O. The average Bonchev–Trinajstić information content (AvgIpc) is 2.38. The highest BCUT2D eigenvalue weighted by atomic mass is 16.4. The fourth-order valence-corrected chi connectivity index (χ4v) is 2.79. The molecule has 0 aliphatic heterocycles. The molecule has 116 valence electrons. The molecule has 0 aromatic carbocycles. The van der Waals surface area contributed by atoms with Crippen LogP contribution >= 0.6 is 0 Å². The number of hydrogen-bond acceptors (Lipinski definition) is 2. The number of hydrogen-bond donors (Lipinski definition) is 2.